The Labute approximate surface area is 147 Å². The molecule has 1 heterocycles. The highest BCUT2D eigenvalue weighted by molar-refractivity contribution is 7.99. The molecule has 5 nitrogen and oxygen atoms in total. The standard InChI is InChI=1S/C16H23N3O2S.ClH/c1-2-4-14(17)15(20)18-13-6-3-5-12(11-13)16(21)19-7-9-22-10-8-19;/h3,5-6,11,14H,2,4,7-10,17H2,1H3,(H,18,20);1H. The highest BCUT2D eigenvalue weighted by atomic mass is 35.5. The normalized spacial score (nSPS) is 15.5. The number of anilines is 1. The van der Waals surface area contributed by atoms with Gasteiger partial charge in [-0.15, -0.1) is 12.4 Å². The van der Waals surface area contributed by atoms with Crippen molar-refractivity contribution in [2.24, 2.45) is 5.73 Å². The minimum atomic E-state index is -0.511. The van der Waals surface area contributed by atoms with E-state index in [2.05, 4.69) is 5.32 Å². The first-order valence-corrected chi connectivity index (χ1v) is 8.81. The van der Waals surface area contributed by atoms with Crippen molar-refractivity contribution < 1.29 is 9.59 Å². The fraction of sp³-hybridized carbons (Fsp3) is 0.500. The lowest BCUT2D eigenvalue weighted by Crippen LogP contribution is -2.38. The second-order valence-corrected chi connectivity index (χ2v) is 6.59. The molecule has 3 N–H and O–H groups in total. The van der Waals surface area contributed by atoms with Crippen LogP contribution >= 0.6 is 24.2 Å². The molecular formula is C16H24ClN3O2S. The number of nitrogens with two attached hydrogens (primary N) is 1. The molecule has 1 unspecified atom stereocenters. The molecule has 1 saturated heterocycles. The lowest BCUT2D eigenvalue weighted by molar-refractivity contribution is -0.117. The molecule has 1 atom stereocenters. The zero-order valence-corrected chi connectivity index (χ0v) is 14.9. The zero-order chi connectivity index (χ0) is 15.9. The third-order valence-electron chi connectivity index (χ3n) is 3.61. The van der Waals surface area contributed by atoms with Gasteiger partial charge >= 0.3 is 0 Å². The van der Waals surface area contributed by atoms with E-state index in [4.69, 9.17) is 5.73 Å². The first-order chi connectivity index (χ1) is 10.6. The summed E-state index contributed by atoms with van der Waals surface area (Å²) < 4.78 is 0. The van der Waals surface area contributed by atoms with Crippen LogP contribution in [-0.4, -0.2) is 47.4 Å². The van der Waals surface area contributed by atoms with Gasteiger partial charge in [0.2, 0.25) is 5.91 Å². The van der Waals surface area contributed by atoms with Crippen LogP contribution in [0.3, 0.4) is 0 Å². The van der Waals surface area contributed by atoms with Crippen molar-refractivity contribution in [3.05, 3.63) is 29.8 Å². The number of nitrogens with zero attached hydrogens (tertiary/aromatic N) is 1. The fourth-order valence-corrected chi connectivity index (χ4v) is 3.26. The Balaban J connectivity index is 0.00000264. The largest absolute Gasteiger partial charge is 0.337 e. The van der Waals surface area contributed by atoms with Crippen LogP contribution in [0.2, 0.25) is 0 Å². The quantitative estimate of drug-likeness (QED) is 0.848. The van der Waals surface area contributed by atoms with Gasteiger partial charge < -0.3 is 16.0 Å². The predicted octanol–water partition coefficient (Wildman–Crippen LogP) is 2.36. The number of nitrogens with one attached hydrogen (secondary N) is 1. The van der Waals surface area contributed by atoms with Crippen molar-refractivity contribution >= 4 is 41.7 Å². The van der Waals surface area contributed by atoms with E-state index < -0.39 is 6.04 Å². The lowest BCUT2D eigenvalue weighted by Gasteiger charge is -2.26. The Hall–Kier alpha value is -1.24. The Morgan fingerprint density at radius 2 is 2.04 bits per heavy atom. The van der Waals surface area contributed by atoms with E-state index in [-0.39, 0.29) is 24.2 Å². The van der Waals surface area contributed by atoms with Crippen LogP contribution < -0.4 is 11.1 Å². The molecule has 2 amide bonds. The van der Waals surface area contributed by atoms with Crippen molar-refractivity contribution in [3.63, 3.8) is 0 Å². The summed E-state index contributed by atoms with van der Waals surface area (Å²) in [5, 5.41) is 2.79. The van der Waals surface area contributed by atoms with Gasteiger partial charge in [-0.25, -0.2) is 0 Å². The van der Waals surface area contributed by atoms with Gasteiger partial charge in [-0.05, 0) is 24.6 Å². The van der Waals surface area contributed by atoms with E-state index in [0.29, 0.717) is 17.7 Å². The molecular weight excluding hydrogens is 334 g/mol. The van der Waals surface area contributed by atoms with Crippen LogP contribution in [0.5, 0.6) is 0 Å². The first kappa shape index (κ1) is 19.8. The third-order valence-corrected chi connectivity index (χ3v) is 4.55. The van der Waals surface area contributed by atoms with Gasteiger partial charge in [0.15, 0.2) is 0 Å². The minimum Gasteiger partial charge on any atom is -0.337 e. The molecule has 1 aliphatic rings. The summed E-state index contributed by atoms with van der Waals surface area (Å²) in [6.45, 7) is 3.55. The number of halogens is 1. The average molecular weight is 358 g/mol. The molecule has 1 fully saturated rings. The summed E-state index contributed by atoms with van der Waals surface area (Å²) in [4.78, 5) is 26.3. The van der Waals surface area contributed by atoms with Crippen LogP contribution in [-0.2, 0) is 4.79 Å². The summed E-state index contributed by atoms with van der Waals surface area (Å²) in [7, 11) is 0. The van der Waals surface area contributed by atoms with Gasteiger partial charge in [0.05, 0.1) is 6.04 Å². The van der Waals surface area contributed by atoms with Gasteiger partial charge in [-0.3, -0.25) is 9.59 Å². The van der Waals surface area contributed by atoms with Gasteiger partial charge in [0.1, 0.15) is 0 Å². The molecule has 0 spiro atoms. The molecule has 1 aromatic carbocycles. The van der Waals surface area contributed by atoms with Crippen LogP contribution in [0.1, 0.15) is 30.1 Å². The fourth-order valence-electron chi connectivity index (χ4n) is 2.36. The molecule has 0 radical (unpaired) electrons. The van der Waals surface area contributed by atoms with Gasteiger partial charge in [-0.2, -0.15) is 11.8 Å². The van der Waals surface area contributed by atoms with Crippen LogP contribution in [0.4, 0.5) is 5.69 Å². The molecule has 1 aromatic rings. The smallest absolute Gasteiger partial charge is 0.253 e. The maximum absolute atomic E-state index is 12.5. The van der Waals surface area contributed by atoms with E-state index in [0.717, 1.165) is 31.0 Å². The maximum atomic E-state index is 12.5. The molecule has 0 aromatic heterocycles. The molecule has 2 rings (SSSR count). The van der Waals surface area contributed by atoms with Crippen molar-refractivity contribution in [3.8, 4) is 0 Å². The summed E-state index contributed by atoms with van der Waals surface area (Å²) in [6, 6.07) is 6.56. The van der Waals surface area contributed by atoms with E-state index >= 15 is 0 Å². The Kier molecular flexibility index (Phi) is 8.44. The first-order valence-electron chi connectivity index (χ1n) is 7.65. The predicted molar refractivity (Wildman–Crippen MR) is 98.4 cm³/mol. The van der Waals surface area contributed by atoms with E-state index in [9.17, 15) is 9.59 Å². The summed E-state index contributed by atoms with van der Waals surface area (Å²) in [6.07, 6.45) is 1.51. The topological polar surface area (TPSA) is 75.4 Å². The minimum absolute atomic E-state index is 0. The Morgan fingerprint density at radius 1 is 1.35 bits per heavy atom. The average Bonchev–Trinajstić information content (AvgIpc) is 2.55. The van der Waals surface area contributed by atoms with Gasteiger partial charge in [0, 0.05) is 35.8 Å². The van der Waals surface area contributed by atoms with Crippen molar-refractivity contribution in [2.75, 3.05) is 29.9 Å². The Morgan fingerprint density at radius 3 is 2.70 bits per heavy atom. The number of benzene rings is 1. The molecule has 23 heavy (non-hydrogen) atoms. The van der Waals surface area contributed by atoms with Crippen LogP contribution in [0, 0.1) is 0 Å². The molecule has 0 bridgehead atoms. The van der Waals surface area contributed by atoms with Crippen molar-refractivity contribution in [1.29, 1.82) is 0 Å². The molecule has 0 aliphatic carbocycles. The van der Waals surface area contributed by atoms with Crippen molar-refractivity contribution in [2.45, 2.75) is 25.8 Å². The number of hydrogen-bond acceptors (Lipinski definition) is 4. The second-order valence-electron chi connectivity index (χ2n) is 5.37. The summed E-state index contributed by atoms with van der Waals surface area (Å²) >= 11 is 1.87. The van der Waals surface area contributed by atoms with Gasteiger partial charge in [0.25, 0.3) is 5.91 Å². The highest BCUT2D eigenvalue weighted by Gasteiger charge is 2.19. The SMILES string of the molecule is CCCC(N)C(=O)Nc1cccc(C(=O)N2CCSCC2)c1.Cl. The molecule has 128 valence electrons. The molecule has 7 heteroatoms. The summed E-state index contributed by atoms with van der Waals surface area (Å²) in [5.74, 6) is 1.78. The zero-order valence-electron chi connectivity index (χ0n) is 13.3. The number of carbonyl (C=O) groups excluding carboxylic acids is 2. The molecule has 0 saturated carbocycles. The number of rotatable bonds is 5. The number of amides is 2. The second kappa shape index (κ2) is 9.80. The molecule has 1 aliphatic heterocycles. The lowest BCUT2D eigenvalue weighted by atomic mass is 10.1. The monoisotopic (exact) mass is 357 g/mol. The van der Waals surface area contributed by atoms with Crippen LogP contribution in [0.15, 0.2) is 24.3 Å². The van der Waals surface area contributed by atoms with E-state index in [1.807, 2.05) is 23.6 Å². The van der Waals surface area contributed by atoms with E-state index in [1.165, 1.54) is 0 Å². The van der Waals surface area contributed by atoms with E-state index in [1.54, 1.807) is 24.3 Å². The maximum Gasteiger partial charge on any atom is 0.253 e. The third kappa shape index (κ3) is 5.71. The van der Waals surface area contributed by atoms with Gasteiger partial charge in [-0.1, -0.05) is 19.4 Å². The summed E-state index contributed by atoms with van der Waals surface area (Å²) in [5.41, 5.74) is 7.03. The number of hydrogen-bond donors (Lipinski definition) is 2. The van der Waals surface area contributed by atoms with Crippen molar-refractivity contribution in [1.82, 2.24) is 4.90 Å². The van der Waals surface area contributed by atoms with Crippen LogP contribution in [0.25, 0.3) is 0 Å². The number of carbonyl (C=O) groups is 2. The Bertz CT molecular complexity index is 536. The highest BCUT2D eigenvalue weighted by Crippen LogP contribution is 2.16. The number of thioether (sulfide) groups is 1.